The predicted octanol–water partition coefficient (Wildman–Crippen LogP) is 18.1. The summed E-state index contributed by atoms with van der Waals surface area (Å²) in [6.07, 6.45) is 0. The summed E-state index contributed by atoms with van der Waals surface area (Å²) in [4.78, 5) is 4.76. The maximum Gasteiger partial charge on any atom is 0.137 e. The molecule has 4 nitrogen and oxygen atoms in total. The second-order valence-electron chi connectivity index (χ2n) is 17.3. The van der Waals surface area contributed by atoms with Gasteiger partial charge >= 0.3 is 0 Å². The van der Waals surface area contributed by atoms with E-state index in [2.05, 4.69) is 269 Å². The van der Waals surface area contributed by atoms with Crippen LogP contribution in [0.5, 0.6) is 0 Å². The molecule has 0 N–H and O–H groups in total. The van der Waals surface area contributed by atoms with E-state index in [1.165, 1.54) is 38.4 Å². The van der Waals surface area contributed by atoms with Crippen molar-refractivity contribution in [2.45, 2.75) is 0 Å². The molecule has 0 amide bonds. The quantitative estimate of drug-likeness (QED) is 0.144. The van der Waals surface area contributed by atoms with Crippen molar-refractivity contribution in [3.05, 3.63) is 261 Å². The molecule has 0 aliphatic carbocycles. The highest BCUT2D eigenvalue weighted by Gasteiger charge is 2.23. The largest absolute Gasteiger partial charge is 0.456 e. The van der Waals surface area contributed by atoms with Crippen LogP contribution in [-0.2, 0) is 0 Å². The van der Waals surface area contributed by atoms with Crippen molar-refractivity contribution in [1.82, 2.24) is 4.57 Å². The Bertz CT molecular complexity index is 3950. The number of nitrogens with zero attached hydrogens (tertiary/aromatic N) is 3. The van der Waals surface area contributed by atoms with Crippen LogP contribution >= 0.6 is 0 Å². The highest BCUT2D eigenvalue weighted by atomic mass is 16.3. The molecule has 0 unspecified atom stereocenters. The van der Waals surface area contributed by atoms with E-state index in [4.69, 9.17) is 4.42 Å². The Kier molecular flexibility index (Phi) is 9.47. The zero-order valence-corrected chi connectivity index (χ0v) is 37.1. The van der Waals surface area contributed by atoms with Gasteiger partial charge in [-0.25, -0.2) is 0 Å². The molecule has 0 saturated carbocycles. The van der Waals surface area contributed by atoms with Gasteiger partial charge in [-0.3, -0.25) is 0 Å². The predicted molar refractivity (Wildman–Crippen MR) is 286 cm³/mol. The number of fused-ring (bicyclic) bond motifs is 7. The summed E-state index contributed by atoms with van der Waals surface area (Å²) >= 11 is 0. The van der Waals surface area contributed by atoms with Crippen LogP contribution in [0.2, 0.25) is 0 Å². The molecule has 320 valence electrons. The third-order valence-electron chi connectivity index (χ3n) is 13.4. The van der Waals surface area contributed by atoms with Crippen molar-refractivity contribution in [2.24, 2.45) is 0 Å². The summed E-state index contributed by atoms with van der Waals surface area (Å²) in [5, 5.41) is 6.97. The van der Waals surface area contributed by atoms with Crippen LogP contribution < -0.4 is 9.80 Å². The van der Waals surface area contributed by atoms with Crippen LogP contribution in [0.3, 0.4) is 0 Å². The van der Waals surface area contributed by atoms with Crippen LogP contribution in [-0.4, -0.2) is 4.57 Å². The van der Waals surface area contributed by atoms with Gasteiger partial charge in [0.15, 0.2) is 0 Å². The lowest BCUT2D eigenvalue weighted by Crippen LogP contribution is -2.11. The molecule has 2 heterocycles. The van der Waals surface area contributed by atoms with Crippen molar-refractivity contribution in [1.29, 1.82) is 0 Å². The van der Waals surface area contributed by atoms with Crippen LogP contribution in [0.1, 0.15) is 0 Å². The number of aromatic nitrogens is 1. The number of anilines is 6. The number of rotatable bonds is 9. The number of hydrogen-bond acceptors (Lipinski definition) is 3. The van der Waals surface area contributed by atoms with Gasteiger partial charge in [0.1, 0.15) is 11.2 Å². The number of hydrogen-bond donors (Lipinski definition) is 0. The Hall–Kier alpha value is -9.12. The lowest BCUT2D eigenvalue weighted by atomic mass is 9.95. The first kappa shape index (κ1) is 39.3. The molecule has 68 heavy (non-hydrogen) atoms. The molecule has 0 radical (unpaired) electrons. The molecular weight excluding hydrogens is 827 g/mol. The average molecular weight is 870 g/mol. The first-order valence-electron chi connectivity index (χ1n) is 23.2. The molecule has 0 bridgehead atoms. The summed E-state index contributed by atoms with van der Waals surface area (Å²) < 4.78 is 8.85. The zero-order valence-electron chi connectivity index (χ0n) is 37.1. The monoisotopic (exact) mass is 869 g/mol. The van der Waals surface area contributed by atoms with Gasteiger partial charge in [0.2, 0.25) is 0 Å². The number of para-hydroxylation sites is 4. The Labute approximate surface area is 394 Å². The van der Waals surface area contributed by atoms with E-state index in [1.54, 1.807) is 0 Å². The third kappa shape index (κ3) is 6.61. The molecule has 0 saturated heterocycles. The van der Waals surface area contributed by atoms with E-state index in [0.29, 0.717) is 0 Å². The van der Waals surface area contributed by atoms with Gasteiger partial charge in [0.05, 0.1) is 27.8 Å². The maximum atomic E-state index is 6.46. The summed E-state index contributed by atoms with van der Waals surface area (Å²) in [5.74, 6) is 0. The second-order valence-corrected chi connectivity index (χ2v) is 17.3. The molecular formula is C64H43N3O. The minimum absolute atomic E-state index is 0.860. The summed E-state index contributed by atoms with van der Waals surface area (Å²) in [5.41, 5.74) is 16.4. The van der Waals surface area contributed by atoms with Crippen molar-refractivity contribution < 1.29 is 4.42 Å². The Balaban J connectivity index is 0.937. The van der Waals surface area contributed by atoms with Crippen molar-refractivity contribution >= 4 is 88.6 Å². The fourth-order valence-corrected chi connectivity index (χ4v) is 10.3. The summed E-state index contributed by atoms with van der Waals surface area (Å²) in [6.45, 7) is 0. The van der Waals surface area contributed by atoms with E-state index in [9.17, 15) is 0 Å². The summed E-state index contributed by atoms with van der Waals surface area (Å²) in [7, 11) is 0. The lowest BCUT2D eigenvalue weighted by Gasteiger charge is -2.28. The minimum atomic E-state index is 0.860. The van der Waals surface area contributed by atoms with E-state index in [1.807, 2.05) is 6.07 Å². The van der Waals surface area contributed by atoms with Crippen LogP contribution in [0, 0.1) is 0 Å². The molecule has 2 aromatic heterocycles. The van der Waals surface area contributed by atoms with Crippen LogP contribution in [0.4, 0.5) is 34.1 Å². The fraction of sp³-hybridized carbons (Fsp3) is 0. The maximum absolute atomic E-state index is 6.46. The highest BCUT2D eigenvalue weighted by molar-refractivity contribution is 6.16. The van der Waals surface area contributed by atoms with Crippen molar-refractivity contribution in [3.8, 4) is 27.9 Å². The van der Waals surface area contributed by atoms with Gasteiger partial charge in [-0.2, -0.15) is 0 Å². The normalized spacial score (nSPS) is 11.5. The highest BCUT2D eigenvalue weighted by Crippen LogP contribution is 2.47. The first-order chi connectivity index (χ1) is 33.7. The molecule has 13 aromatic rings. The van der Waals surface area contributed by atoms with E-state index in [0.717, 1.165) is 78.2 Å². The Morgan fingerprint density at radius 2 is 0.838 bits per heavy atom. The summed E-state index contributed by atoms with van der Waals surface area (Å²) in [6, 6.07) is 93.6. The standard InChI is InChI=1S/C64H43N3O/c1-4-17-44(18-5-1)45-31-35-50(36-32-45)66(60-28-16-30-63-64(60)57-26-13-15-29-62(57)68-63)59-42-41-52(53-23-10-11-24-54(53)59)46-33-37-49(38-34-46)65(47-19-6-2-7-20-47)51-39-40-56-55-25-12-14-27-58(55)67(61(56)43-51)48-21-8-3-9-22-48/h1-43H. The molecule has 13 rings (SSSR count). The average Bonchev–Trinajstić information content (AvgIpc) is 3.96. The fourth-order valence-electron chi connectivity index (χ4n) is 10.3. The third-order valence-corrected chi connectivity index (χ3v) is 13.4. The molecule has 11 aromatic carbocycles. The van der Waals surface area contributed by atoms with Crippen molar-refractivity contribution in [3.63, 3.8) is 0 Å². The molecule has 0 aliphatic heterocycles. The van der Waals surface area contributed by atoms with E-state index >= 15 is 0 Å². The van der Waals surface area contributed by atoms with Gasteiger partial charge in [0, 0.05) is 50.0 Å². The second kappa shape index (κ2) is 16.4. The van der Waals surface area contributed by atoms with Gasteiger partial charge in [-0.1, -0.05) is 170 Å². The number of benzene rings is 11. The van der Waals surface area contributed by atoms with Crippen LogP contribution in [0.15, 0.2) is 265 Å². The number of furan rings is 1. The molecule has 4 heteroatoms. The smallest absolute Gasteiger partial charge is 0.137 e. The molecule has 0 atom stereocenters. The van der Waals surface area contributed by atoms with Gasteiger partial charge in [0.25, 0.3) is 0 Å². The van der Waals surface area contributed by atoms with Gasteiger partial charge in [-0.15, -0.1) is 0 Å². The van der Waals surface area contributed by atoms with E-state index in [-0.39, 0.29) is 0 Å². The van der Waals surface area contributed by atoms with E-state index < -0.39 is 0 Å². The topological polar surface area (TPSA) is 24.6 Å². The Morgan fingerprint density at radius 1 is 0.294 bits per heavy atom. The van der Waals surface area contributed by atoms with Gasteiger partial charge in [-0.05, 0) is 119 Å². The Morgan fingerprint density at radius 3 is 1.60 bits per heavy atom. The lowest BCUT2D eigenvalue weighted by molar-refractivity contribution is 0.669. The zero-order chi connectivity index (χ0) is 45.0. The van der Waals surface area contributed by atoms with Crippen LogP contribution in [0.25, 0.3) is 82.5 Å². The minimum Gasteiger partial charge on any atom is -0.456 e. The van der Waals surface area contributed by atoms with Crippen molar-refractivity contribution in [2.75, 3.05) is 9.80 Å². The molecule has 0 fully saturated rings. The molecule has 0 spiro atoms. The molecule has 0 aliphatic rings. The SMILES string of the molecule is c1ccc(-c2ccc(N(c3ccc(-c4ccc(N(c5ccccc5)c5ccc6c7ccccc7n(-c7ccccc7)c6c5)cc4)c4ccccc34)c3cccc4oc5ccccc5c34)cc2)cc1. The first-order valence-corrected chi connectivity index (χ1v) is 23.2. The van der Waals surface area contributed by atoms with Gasteiger partial charge < -0.3 is 18.8 Å².